The molecule has 1 unspecified atom stereocenters. The number of aliphatic hydroxyl groups is 1. The second kappa shape index (κ2) is 2.51. The van der Waals surface area contributed by atoms with Gasteiger partial charge >= 0.3 is 6.03 Å². The van der Waals surface area contributed by atoms with Gasteiger partial charge in [-0.2, -0.15) is 0 Å². The third-order valence-electron chi connectivity index (χ3n) is 1.84. The monoisotopic (exact) mass is 183 g/mol. The van der Waals surface area contributed by atoms with Crippen LogP contribution < -0.4 is 10.6 Å². The van der Waals surface area contributed by atoms with Crippen molar-refractivity contribution in [2.24, 2.45) is 4.99 Å². The van der Waals surface area contributed by atoms with Crippen molar-refractivity contribution in [1.29, 1.82) is 0 Å². The summed E-state index contributed by atoms with van der Waals surface area (Å²) in [6.45, 7) is 0. The molecule has 2 rings (SSSR count). The number of aliphatic hydroxyl groups excluding tert-OH is 1. The van der Waals surface area contributed by atoms with E-state index in [0.29, 0.717) is 0 Å². The van der Waals surface area contributed by atoms with Gasteiger partial charge in [-0.25, -0.2) is 14.7 Å². The highest BCUT2D eigenvalue weighted by molar-refractivity contribution is 6.27. The van der Waals surface area contributed by atoms with Crippen LogP contribution >= 0.6 is 0 Å². The first-order chi connectivity index (χ1) is 6.09. The maximum atomic E-state index is 11.2. The average Bonchev–Trinajstić information content (AvgIpc) is 2.27. The maximum absolute atomic E-state index is 11.2. The molecule has 3 amide bonds. The van der Waals surface area contributed by atoms with Crippen LogP contribution in [0.15, 0.2) is 4.99 Å². The minimum absolute atomic E-state index is 0.115. The molecular formula is C6H7N4O3. The van der Waals surface area contributed by atoms with E-state index < -0.39 is 18.3 Å². The third kappa shape index (κ3) is 1.09. The van der Waals surface area contributed by atoms with E-state index in [9.17, 15) is 14.7 Å². The van der Waals surface area contributed by atoms with Gasteiger partial charge in [0, 0.05) is 0 Å². The number of rotatable bonds is 0. The van der Waals surface area contributed by atoms with Crippen LogP contribution in [0.4, 0.5) is 4.79 Å². The molecule has 7 nitrogen and oxygen atoms in total. The molecule has 3 N–H and O–H groups in total. The molecular weight excluding hydrogens is 176 g/mol. The number of urea groups is 1. The van der Waals surface area contributed by atoms with Gasteiger partial charge < -0.3 is 5.11 Å². The lowest BCUT2D eigenvalue weighted by Gasteiger charge is -2.23. The molecule has 0 saturated carbocycles. The standard InChI is InChI=1S/C6H7N4O3/c1-10-2-3(8-6(10)13)7-5(12)9-4(2)11/h6,13H,1H3,(H2,7,8,9,11,12). The minimum atomic E-state index is -1.10. The Hall–Kier alpha value is -1.47. The molecule has 0 spiro atoms. The highest BCUT2D eigenvalue weighted by Gasteiger charge is 2.43. The molecule has 0 aromatic heterocycles. The van der Waals surface area contributed by atoms with Crippen LogP contribution in [0, 0.1) is 6.04 Å². The molecule has 1 fully saturated rings. The van der Waals surface area contributed by atoms with Crippen molar-refractivity contribution in [3.8, 4) is 0 Å². The SMILES string of the molecule is CN1[C]2C(=O)NC(=O)NC2=NC1O. The van der Waals surface area contributed by atoms with E-state index in [1.807, 2.05) is 5.32 Å². The van der Waals surface area contributed by atoms with Crippen molar-refractivity contribution in [2.75, 3.05) is 7.05 Å². The van der Waals surface area contributed by atoms with Crippen molar-refractivity contribution in [3.63, 3.8) is 0 Å². The average molecular weight is 183 g/mol. The Bertz CT molecular complexity index is 313. The first kappa shape index (κ1) is 8.14. The lowest BCUT2D eigenvalue weighted by atomic mass is 10.2. The molecule has 0 aromatic rings. The van der Waals surface area contributed by atoms with Gasteiger partial charge in [0.05, 0.1) is 0 Å². The van der Waals surface area contributed by atoms with Gasteiger partial charge in [-0.3, -0.25) is 15.4 Å². The first-order valence-electron chi connectivity index (χ1n) is 3.58. The number of carbonyl (C=O) groups excluding carboxylic acids is 2. The highest BCUT2D eigenvalue weighted by Crippen LogP contribution is 2.20. The van der Waals surface area contributed by atoms with E-state index in [2.05, 4.69) is 10.3 Å². The van der Waals surface area contributed by atoms with Crippen LogP contribution in [0.3, 0.4) is 0 Å². The van der Waals surface area contributed by atoms with Gasteiger partial charge in [0.1, 0.15) is 5.84 Å². The predicted molar refractivity (Wildman–Crippen MR) is 41.1 cm³/mol. The zero-order valence-corrected chi connectivity index (χ0v) is 6.74. The quantitative estimate of drug-likeness (QED) is 0.404. The first-order valence-corrected chi connectivity index (χ1v) is 3.58. The molecule has 7 heteroatoms. The summed E-state index contributed by atoms with van der Waals surface area (Å²) < 4.78 is 0. The van der Waals surface area contributed by atoms with Crippen molar-refractivity contribution < 1.29 is 14.7 Å². The van der Waals surface area contributed by atoms with Gasteiger partial charge in [-0.1, -0.05) is 0 Å². The fraction of sp³-hybridized carbons (Fsp3) is 0.333. The summed E-state index contributed by atoms with van der Waals surface area (Å²) in [6.07, 6.45) is -1.10. The zero-order valence-electron chi connectivity index (χ0n) is 6.74. The summed E-state index contributed by atoms with van der Waals surface area (Å²) in [4.78, 5) is 26.9. The van der Waals surface area contributed by atoms with Crippen LogP contribution in [0.5, 0.6) is 0 Å². The Kier molecular flexibility index (Phi) is 1.57. The molecule has 0 aromatic carbocycles. The van der Waals surface area contributed by atoms with Crippen LogP contribution in [0.25, 0.3) is 0 Å². The molecule has 13 heavy (non-hydrogen) atoms. The maximum Gasteiger partial charge on any atom is 0.326 e. The number of carbonyl (C=O) groups is 2. The summed E-state index contributed by atoms with van der Waals surface area (Å²) >= 11 is 0. The predicted octanol–water partition coefficient (Wildman–Crippen LogP) is -2.02. The molecule has 2 heterocycles. The Labute approximate surface area is 73.4 Å². The van der Waals surface area contributed by atoms with E-state index >= 15 is 0 Å². The third-order valence-corrected chi connectivity index (χ3v) is 1.84. The summed E-state index contributed by atoms with van der Waals surface area (Å²) in [7, 11) is 1.51. The fourth-order valence-corrected chi connectivity index (χ4v) is 1.21. The van der Waals surface area contributed by atoms with Gasteiger partial charge in [0.15, 0.2) is 6.04 Å². The Morgan fingerprint density at radius 1 is 1.46 bits per heavy atom. The van der Waals surface area contributed by atoms with Gasteiger partial charge in [0.25, 0.3) is 5.91 Å². The van der Waals surface area contributed by atoms with Crippen molar-refractivity contribution in [2.45, 2.75) is 6.35 Å². The minimum Gasteiger partial charge on any atom is -0.359 e. The van der Waals surface area contributed by atoms with Crippen LogP contribution in [-0.2, 0) is 4.79 Å². The molecule has 69 valence electrons. The van der Waals surface area contributed by atoms with Crippen LogP contribution in [0.1, 0.15) is 0 Å². The lowest BCUT2D eigenvalue weighted by Crippen LogP contribution is -2.56. The number of fused-ring (bicyclic) bond motifs is 1. The number of amides is 3. The number of hydrogen-bond acceptors (Lipinski definition) is 5. The highest BCUT2D eigenvalue weighted by atomic mass is 16.3. The Morgan fingerprint density at radius 2 is 2.15 bits per heavy atom. The number of nitrogens with one attached hydrogen (secondary N) is 2. The number of likely N-dealkylation sites (N-methyl/N-ethyl adjacent to an activating group) is 1. The van der Waals surface area contributed by atoms with E-state index in [-0.39, 0.29) is 11.9 Å². The van der Waals surface area contributed by atoms with Crippen LogP contribution in [0.2, 0.25) is 0 Å². The number of nitrogens with zero attached hydrogens (tertiary/aromatic N) is 2. The molecule has 1 radical (unpaired) electrons. The van der Waals surface area contributed by atoms with E-state index in [4.69, 9.17) is 0 Å². The molecule has 1 saturated heterocycles. The Balaban J connectivity index is 2.31. The van der Waals surface area contributed by atoms with Gasteiger partial charge in [0.2, 0.25) is 6.35 Å². The summed E-state index contributed by atoms with van der Waals surface area (Å²) in [6, 6.07) is -0.456. The molecule has 0 bridgehead atoms. The molecule has 0 aliphatic carbocycles. The topological polar surface area (TPSA) is 94.0 Å². The largest absolute Gasteiger partial charge is 0.359 e. The second-order valence-electron chi connectivity index (χ2n) is 2.69. The zero-order chi connectivity index (χ0) is 9.59. The molecule has 2 aliphatic heterocycles. The van der Waals surface area contributed by atoms with Gasteiger partial charge in [-0.05, 0) is 7.05 Å². The summed E-state index contributed by atoms with van der Waals surface area (Å²) in [5.74, 6) is -0.440. The molecule has 1 atom stereocenters. The summed E-state index contributed by atoms with van der Waals surface area (Å²) in [5.41, 5.74) is 0. The van der Waals surface area contributed by atoms with Gasteiger partial charge in [-0.15, -0.1) is 0 Å². The second-order valence-corrected chi connectivity index (χ2v) is 2.69. The van der Waals surface area contributed by atoms with E-state index in [1.54, 1.807) is 0 Å². The lowest BCUT2D eigenvalue weighted by molar-refractivity contribution is -0.120. The normalized spacial score (nSPS) is 29.4. The van der Waals surface area contributed by atoms with Crippen molar-refractivity contribution in [3.05, 3.63) is 6.04 Å². The number of hydrogen-bond donors (Lipinski definition) is 3. The van der Waals surface area contributed by atoms with Crippen LogP contribution in [-0.4, -0.2) is 41.2 Å². The van der Waals surface area contributed by atoms with E-state index in [1.165, 1.54) is 11.9 Å². The fourth-order valence-electron chi connectivity index (χ4n) is 1.21. The molecule has 2 aliphatic rings. The van der Waals surface area contributed by atoms with E-state index in [0.717, 1.165) is 0 Å². The number of aliphatic imine (C=N–C) groups is 1. The number of imide groups is 1. The summed E-state index contributed by atoms with van der Waals surface area (Å²) in [5, 5.41) is 13.6. The Morgan fingerprint density at radius 3 is 2.85 bits per heavy atom. The smallest absolute Gasteiger partial charge is 0.326 e. The van der Waals surface area contributed by atoms with Crippen molar-refractivity contribution >= 4 is 17.8 Å². The van der Waals surface area contributed by atoms with Crippen molar-refractivity contribution in [1.82, 2.24) is 15.5 Å². The number of amidine groups is 1.